The van der Waals surface area contributed by atoms with Crippen LogP contribution >= 0.6 is 11.3 Å². The quantitative estimate of drug-likeness (QED) is 0.140. The minimum absolute atomic E-state index is 0.00309. The van der Waals surface area contributed by atoms with Gasteiger partial charge in [-0.3, -0.25) is 0 Å². The van der Waals surface area contributed by atoms with Gasteiger partial charge in [0.25, 0.3) is 0 Å². The maximum atomic E-state index is 2.53. The molecule has 2 nitrogen and oxygen atoms in total. The van der Waals surface area contributed by atoms with Crippen LogP contribution in [0.1, 0.15) is 79.0 Å². The number of para-hydroxylation sites is 1. The summed E-state index contributed by atoms with van der Waals surface area (Å²) < 4.78 is 2.57. The number of hydrogen-bond acceptors (Lipinski definition) is 3. The Bertz CT molecular complexity index is 3750. The molecule has 0 unspecified atom stereocenters. The third-order valence-electron chi connectivity index (χ3n) is 14.3. The van der Waals surface area contributed by atoms with Gasteiger partial charge in [0.15, 0.2) is 0 Å². The first-order valence-corrected chi connectivity index (χ1v) is 25.9. The summed E-state index contributed by atoms with van der Waals surface area (Å²) in [5.74, 6) is 0. The lowest BCUT2D eigenvalue weighted by molar-refractivity contribution is 0.589. The molecule has 1 heterocycles. The van der Waals surface area contributed by atoms with Crippen molar-refractivity contribution in [3.8, 4) is 22.3 Å². The summed E-state index contributed by atoms with van der Waals surface area (Å²) in [6.45, 7) is 20.8. The summed E-state index contributed by atoms with van der Waals surface area (Å²) in [5, 5.41) is 7.61. The molecule has 71 heavy (non-hydrogen) atoms. The van der Waals surface area contributed by atoms with Gasteiger partial charge >= 0.3 is 0 Å². The Morgan fingerprint density at radius 2 is 0.803 bits per heavy atom. The van der Waals surface area contributed by atoms with E-state index in [9.17, 15) is 0 Å². The zero-order chi connectivity index (χ0) is 49.2. The highest BCUT2D eigenvalue weighted by molar-refractivity contribution is 7.25. The fourth-order valence-electron chi connectivity index (χ4n) is 10.3. The van der Waals surface area contributed by atoms with Gasteiger partial charge in [-0.2, -0.15) is 0 Å². The highest BCUT2D eigenvalue weighted by Crippen LogP contribution is 2.52. The van der Waals surface area contributed by atoms with E-state index < -0.39 is 0 Å². The molecule has 0 amide bonds. The lowest BCUT2D eigenvalue weighted by Gasteiger charge is -2.36. The minimum atomic E-state index is -0.203. The van der Waals surface area contributed by atoms with Gasteiger partial charge in [-0.1, -0.05) is 202 Å². The Balaban J connectivity index is 1.25. The number of anilines is 6. The van der Waals surface area contributed by atoms with E-state index in [-0.39, 0.29) is 16.2 Å². The Labute approximate surface area is 424 Å². The van der Waals surface area contributed by atoms with E-state index in [1.807, 2.05) is 11.3 Å². The maximum Gasteiger partial charge on any atom is 0.0564 e. The normalized spacial score (nSPS) is 12.3. The molecule has 0 aliphatic rings. The van der Waals surface area contributed by atoms with Crippen molar-refractivity contribution in [2.24, 2.45) is 0 Å². The monoisotopic (exact) mass is 938 g/mol. The molecule has 0 atom stereocenters. The smallest absolute Gasteiger partial charge is 0.0564 e. The fraction of sp³-hybridized carbons (Fsp3) is 0.176. The first-order chi connectivity index (χ1) is 34.1. The lowest BCUT2D eigenvalue weighted by Crippen LogP contribution is -2.20. The first-order valence-electron chi connectivity index (χ1n) is 25.1. The predicted molar refractivity (Wildman–Crippen MR) is 311 cm³/mol. The largest absolute Gasteiger partial charge is 0.310 e. The molecule has 0 fully saturated rings. The second kappa shape index (κ2) is 17.7. The van der Waals surface area contributed by atoms with Crippen LogP contribution in [-0.4, -0.2) is 0 Å². The number of benzene rings is 10. The van der Waals surface area contributed by atoms with Gasteiger partial charge in [0, 0.05) is 48.5 Å². The van der Waals surface area contributed by atoms with Gasteiger partial charge < -0.3 is 9.80 Å². The molecule has 0 bridgehead atoms. The summed E-state index contributed by atoms with van der Waals surface area (Å²) >= 11 is 1.87. The molecule has 0 aliphatic heterocycles. The average Bonchev–Trinajstić information content (AvgIpc) is 3.74. The van der Waals surface area contributed by atoms with Crippen LogP contribution < -0.4 is 9.80 Å². The number of fused-ring (bicyclic) bond motifs is 6. The maximum absolute atomic E-state index is 2.53. The van der Waals surface area contributed by atoms with Crippen molar-refractivity contribution in [1.29, 1.82) is 0 Å². The standard InChI is InChI=1S/C68H62N2S/c1-66(2,3)48-30-34-52(35-31-48)69(51-22-11-10-12-23-51)61-42-50(68(7,8)9)43-62(65(61)47-21-17-20-46(41-47)56-26-18-27-57-55-24-14-13-19-45(55)29-39-58(56)57)70(53-36-32-49(33-37-53)67(4,5)6)54-38-40-60-59-25-15-16-28-63(59)71-64(60)44-54/h10-44H,1-9H3. The van der Waals surface area contributed by atoms with Crippen LogP contribution in [0.4, 0.5) is 34.1 Å². The molecule has 0 N–H and O–H groups in total. The molecule has 1 aromatic heterocycles. The van der Waals surface area contributed by atoms with Crippen molar-refractivity contribution >= 4 is 87.2 Å². The van der Waals surface area contributed by atoms with Crippen LogP contribution in [0.5, 0.6) is 0 Å². The molecule has 0 saturated heterocycles. The van der Waals surface area contributed by atoms with Crippen LogP contribution in [-0.2, 0) is 16.2 Å². The molecule has 350 valence electrons. The molecule has 11 aromatic rings. The van der Waals surface area contributed by atoms with Crippen molar-refractivity contribution in [3.63, 3.8) is 0 Å². The van der Waals surface area contributed by atoms with Crippen LogP contribution in [0.2, 0.25) is 0 Å². The third-order valence-corrected chi connectivity index (χ3v) is 15.4. The molecular formula is C68H62N2S. The van der Waals surface area contributed by atoms with Gasteiger partial charge in [0.2, 0.25) is 0 Å². The average molecular weight is 939 g/mol. The molecule has 0 saturated carbocycles. The van der Waals surface area contributed by atoms with Crippen LogP contribution in [0.25, 0.3) is 64.0 Å². The summed E-state index contributed by atoms with van der Waals surface area (Å²) in [6, 6.07) is 79.8. The highest BCUT2D eigenvalue weighted by Gasteiger charge is 2.30. The van der Waals surface area contributed by atoms with Gasteiger partial charge in [0.05, 0.1) is 11.4 Å². The van der Waals surface area contributed by atoms with E-state index in [1.165, 1.54) is 69.5 Å². The zero-order valence-corrected chi connectivity index (χ0v) is 43.3. The predicted octanol–water partition coefficient (Wildman–Crippen LogP) is 20.5. The Hall–Kier alpha value is -7.46. The fourth-order valence-corrected chi connectivity index (χ4v) is 11.5. The molecule has 11 rings (SSSR count). The number of thiophene rings is 1. The van der Waals surface area contributed by atoms with Gasteiger partial charge in [-0.15, -0.1) is 11.3 Å². The summed E-state index contributed by atoms with van der Waals surface area (Å²) in [4.78, 5) is 5.03. The van der Waals surface area contributed by atoms with Gasteiger partial charge in [-0.25, -0.2) is 0 Å². The molecule has 3 heteroatoms. The first kappa shape index (κ1) is 46.0. The summed E-state index contributed by atoms with van der Waals surface area (Å²) in [5.41, 5.74) is 15.0. The molecule has 10 aromatic carbocycles. The van der Waals surface area contributed by atoms with Crippen LogP contribution in [0.3, 0.4) is 0 Å². The zero-order valence-electron chi connectivity index (χ0n) is 42.5. The number of hydrogen-bond donors (Lipinski definition) is 0. The SMILES string of the molecule is CC(C)(C)c1ccc(N(c2ccccc2)c2cc(C(C)(C)C)cc(N(c3ccc(C(C)(C)C)cc3)c3ccc4c(c3)sc3ccccc34)c2-c2cccc(-c3cccc4c3ccc3ccccc34)c2)cc1. The lowest BCUT2D eigenvalue weighted by atomic mass is 9.83. The van der Waals surface area contributed by atoms with E-state index >= 15 is 0 Å². The topological polar surface area (TPSA) is 6.48 Å². The molecule has 0 radical (unpaired) electrons. The van der Waals surface area contributed by atoms with Crippen molar-refractivity contribution in [1.82, 2.24) is 0 Å². The van der Waals surface area contributed by atoms with Crippen molar-refractivity contribution in [3.05, 3.63) is 229 Å². The number of rotatable bonds is 8. The Morgan fingerprint density at radius 1 is 0.310 bits per heavy atom. The van der Waals surface area contributed by atoms with Gasteiger partial charge in [0.1, 0.15) is 0 Å². The van der Waals surface area contributed by atoms with E-state index in [2.05, 4.69) is 284 Å². The van der Waals surface area contributed by atoms with Crippen molar-refractivity contribution in [2.75, 3.05) is 9.80 Å². The van der Waals surface area contributed by atoms with E-state index in [0.717, 1.165) is 45.3 Å². The van der Waals surface area contributed by atoms with Gasteiger partial charge in [-0.05, 0) is 144 Å². The van der Waals surface area contributed by atoms with E-state index in [0.29, 0.717) is 0 Å². The Morgan fingerprint density at radius 3 is 1.45 bits per heavy atom. The Kier molecular flexibility index (Phi) is 11.5. The number of nitrogens with zero attached hydrogens (tertiary/aromatic N) is 2. The second-order valence-electron chi connectivity index (χ2n) is 22.3. The van der Waals surface area contributed by atoms with Crippen molar-refractivity contribution in [2.45, 2.75) is 78.6 Å². The third kappa shape index (κ3) is 8.68. The van der Waals surface area contributed by atoms with Crippen molar-refractivity contribution < 1.29 is 0 Å². The molecule has 0 aliphatic carbocycles. The minimum Gasteiger partial charge on any atom is -0.310 e. The summed E-state index contributed by atoms with van der Waals surface area (Å²) in [7, 11) is 0. The second-order valence-corrected chi connectivity index (χ2v) is 23.4. The van der Waals surface area contributed by atoms with Crippen LogP contribution in [0.15, 0.2) is 212 Å². The van der Waals surface area contributed by atoms with E-state index in [4.69, 9.17) is 0 Å². The van der Waals surface area contributed by atoms with Crippen LogP contribution in [0, 0.1) is 0 Å². The summed E-state index contributed by atoms with van der Waals surface area (Å²) in [6.07, 6.45) is 0. The molecular weight excluding hydrogens is 877 g/mol. The van der Waals surface area contributed by atoms with E-state index in [1.54, 1.807) is 0 Å². The highest BCUT2D eigenvalue weighted by atomic mass is 32.1. The molecule has 0 spiro atoms.